The molecule has 0 heterocycles. The standard InChI is InChI=1S/C14H20O2/c1-13(7-8-13)14(2,15)10-11-5-4-6-12(9-11)16-3/h4-6,9,15H,7-8,10H2,1-3H3. The average Bonchev–Trinajstić information content (AvgIpc) is 2.98. The first-order chi connectivity index (χ1) is 7.47. The Morgan fingerprint density at radius 3 is 2.69 bits per heavy atom. The van der Waals surface area contributed by atoms with Crippen molar-refractivity contribution in [1.29, 1.82) is 0 Å². The molecule has 2 nitrogen and oxygen atoms in total. The van der Waals surface area contributed by atoms with Crippen LogP contribution in [0, 0.1) is 5.41 Å². The minimum Gasteiger partial charge on any atom is -0.497 e. The molecule has 1 saturated carbocycles. The predicted molar refractivity (Wildman–Crippen MR) is 64.7 cm³/mol. The number of hydrogen-bond acceptors (Lipinski definition) is 2. The third kappa shape index (κ3) is 2.07. The first kappa shape index (κ1) is 11.5. The largest absolute Gasteiger partial charge is 0.497 e. The number of ether oxygens (including phenoxy) is 1. The summed E-state index contributed by atoms with van der Waals surface area (Å²) in [5.41, 5.74) is 0.632. The van der Waals surface area contributed by atoms with Crippen LogP contribution < -0.4 is 4.74 Å². The fourth-order valence-corrected chi connectivity index (χ4v) is 2.12. The van der Waals surface area contributed by atoms with Crippen LogP contribution in [0.4, 0.5) is 0 Å². The molecule has 0 bridgehead atoms. The van der Waals surface area contributed by atoms with E-state index >= 15 is 0 Å². The van der Waals surface area contributed by atoms with Gasteiger partial charge in [0.2, 0.25) is 0 Å². The number of aliphatic hydroxyl groups is 1. The van der Waals surface area contributed by atoms with Gasteiger partial charge in [-0.2, -0.15) is 0 Å². The van der Waals surface area contributed by atoms with Crippen LogP contribution in [-0.2, 0) is 6.42 Å². The molecule has 16 heavy (non-hydrogen) atoms. The Kier molecular flexibility index (Phi) is 2.70. The highest BCUT2D eigenvalue weighted by atomic mass is 16.5. The summed E-state index contributed by atoms with van der Waals surface area (Å²) in [6, 6.07) is 7.94. The van der Waals surface area contributed by atoms with Gasteiger partial charge in [0.1, 0.15) is 5.75 Å². The molecule has 1 aromatic carbocycles. The zero-order valence-corrected chi connectivity index (χ0v) is 10.3. The maximum Gasteiger partial charge on any atom is 0.119 e. The summed E-state index contributed by atoms with van der Waals surface area (Å²) < 4.78 is 5.19. The summed E-state index contributed by atoms with van der Waals surface area (Å²) >= 11 is 0. The van der Waals surface area contributed by atoms with Gasteiger partial charge in [0, 0.05) is 6.42 Å². The van der Waals surface area contributed by atoms with E-state index in [4.69, 9.17) is 4.74 Å². The van der Waals surface area contributed by atoms with Gasteiger partial charge in [-0.1, -0.05) is 19.1 Å². The summed E-state index contributed by atoms with van der Waals surface area (Å²) in [5, 5.41) is 10.5. The van der Waals surface area contributed by atoms with Gasteiger partial charge in [-0.3, -0.25) is 0 Å². The zero-order chi connectivity index (χ0) is 11.8. The lowest BCUT2D eigenvalue weighted by Gasteiger charge is -2.30. The van der Waals surface area contributed by atoms with Gasteiger partial charge in [-0.05, 0) is 42.9 Å². The van der Waals surface area contributed by atoms with Gasteiger partial charge < -0.3 is 9.84 Å². The summed E-state index contributed by atoms with van der Waals surface area (Å²) in [4.78, 5) is 0. The lowest BCUT2D eigenvalue weighted by Crippen LogP contribution is -2.36. The van der Waals surface area contributed by atoms with Crippen molar-refractivity contribution in [3.05, 3.63) is 29.8 Å². The molecule has 0 aromatic heterocycles. The number of methoxy groups -OCH3 is 1. The van der Waals surface area contributed by atoms with Crippen LogP contribution in [0.3, 0.4) is 0 Å². The second-order valence-electron chi connectivity index (χ2n) is 5.36. The fourth-order valence-electron chi connectivity index (χ4n) is 2.12. The second kappa shape index (κ2) is 3.77. The van der Waals surface area contributed by atoms with Crippen molar-refractivity contribution in [1.82, 2.24) is 0 Å². The van der Waals surface area contributed by atoms with Crippen molar-refractivity contribution in [2.45, 2.75) is 38.7 Å². The first-order valence-electron chi connectivity index (χ1n) is 5.82. The molecule has 1 fully saturated rings. The second-order valence-corrected chi connectivity index (χ2v) is 5.36. The van der Waals surface area contributed by atoms with Crippen LogP contribution >= 0.6 is 0 Å². The monoisotopic (exact) mass is 220 g/mol. The average molecular weight is 220 g/mol. The van der Waals surface area contributed by atoms with Gasteiger partial charge in [-0.15, -0.1) is 0 Å². The van der Waals surface area contributed by atoms with E-state index in [1.165, 1.54) is 0 Å². The molecule has 1 aliphatic carbocycles. The molecule has 0 amide bonds. The van der Waals surface area contributed by atoms with Gasteiger partial charge in [0.25, 0.3) is 0 Å². The van der Waals surface area contributed by atoms with E-state index in [2.05, 4.69) is 6.92 Å². The van der Waals surface area contributed by atoms with Gasteiger partial charge in [0.15, 0.2) is 0 Å². The summed E-state index contributed by atoms with van der Waals surface area (Å²) in [5.74, 6) is 0.856. The van der Waals surface area contributed by atoms with Crippen LogP contribution in [0.25, 0.3) is 0 Å². The Morgan fingerprint density at radius 2 is 2.12 bits per heavy atom. The van der Waals surface area contributed by atoms with Crippen molar-refractivity contribution in [2.24, 2.45) is 5.41 Å². The molecule has 0 aliphatic heterocycles. The number of hydrogen-bond donors (Lipinski definition) is 1. The highest BCUT2D eigenvalue weighted by Gasteiger charge is 2.51. The van der Waals surface area contributed by atoms with Crippen molar-refractivity contribution < 1.29 is 9.84 Å². The van der Waals surface area contributed by atoms with Gasteiger partial charge in [-0.25, -0.2) is 0 Å². The molecule has 0 radical (unpaired) electrons. The quantitative estimate of drug-likeness (QED) is 0.845. The van der Waals surface area contributed by atoms with Crippen molar-refractivity contribution in [3.63, 3.8) is 0 Å². The van der Waals surface area contributed by atoms with E-state index in [1.54, 1.807) is 7.11 Å². The fraction of sp³-hybridized carbons (Fsp3) is 0.571. The van der Waals surface area contributed by atoms with Crippen molar-refractivity contribution >= 4 is 0 Å². The lowest BCUT2D eigenvalue weighted by atomic mass is 9.82. The SMILES string of the molecule is COc1cccc(CC(C)(O)C2(C)CC2)c1. The molecule has 2 rings (SSSR count). The molecule has 0 spiro atoms. The molecule has 1 N–H and O–H groups in total. The van der Waals surface area contributed by atoms with E-state index in [0.29, 0.717) is 6.42 Å². The van der Waals surface area contributed by atoms with Crippen LogP contribution in [-0.4, -0.2) is 17.8 Å². The minimum atomic E-state index is -0.612. The highest BCUT2D eigenvalue weighted by Crippen LogP contribution is 2.54. The molecular weight excluding hydrogens is 200 g/mol. The Balaban J connectivity index is 2.14. The molecule has 0 saturated heterocycles. The third-order valence-corrected chi connectivity index (χ3v) is 3.98. The summed E-state index contributed by atoms with van der Waals surface area (Å²) in [6.07, 6.45) is 2.95. The molecule has 88 valence electrons. The summed E-state index contributed by atoms with van der Waals surface area (Å²) in [7, 11) is 1.67. The molecule has 2 heteroatoms. The first-order valence-corrected chi connectivity index (χ1v) is 5.82. The number of benzene rings is 1. The van der Waals surface area contributed by atoms with E-state index in [1.807, 2.05) is 31.2 Å². The zero-order valence-electron chi connectivity index (χ0n) is 10.3. The van der Waals surface area contributed by atoms with Crippen LogP contribution in [0.2, 0.25) is 0 Å². The maximum atomic E-state index is 10.5. The smallest absolute Gasteiger partial charge is 0.119 e. The van der Waals surface area contributed by atoms with Gasteiger partial charge in [0.05, 0.1) is 12.7 Å². The number of rotatable bonds is 4. The molecule has 1 aliphatic rings. The van der Waals surface area contributed by atoms with E-state index in [0.717, 1.165) is 24.2 Å². The van der Waals surface area contributed by atoms with Crippen LogP contribution in [0.5, 0.6) is 5.75 Å². The van der Waals surface area contributed by atoms with E-state index < -0.39 is 5.60 Å². The predicted octanol–water partition coefficient (Wildman–Crippen LogP) is 2.79. The summed E-state index contributed by atoms with van der Waals surface area (Å²) in [6.45, 7) is 4.10. The highest BCUT2D eigenvalue weighted by molar-refractivity contribution is 5.30. The van der Waals surface area contributed by atoms with E-state index in [9.17, 15) is 5.11 Å². The molecule has 1 unspecified atom stereocenters. The topological polar surface area (TPSA) is 29.5 Å². The maximum absolute atomic E-state index is 10.5. The van der Waals surface area contributed by atoms with Crippen LogP contribution in [0.15, 0.2) is 24.3 Å². The Morgan fingerprint density at radius 1 is 1.44 bits per heavy atom. The Hall–Kier alpha value is -1.02. The molecule has 1 aromatic rings. The third-order valence-electron chi connectivity index (χ3n) is 3.98. The molecule has 1 atom stereocenters. The van der Waals surface area contributed by atoms with Crippen molar-refractivity contribution in [2.75, 3.05) is 7.11 Å². The van der Waals surface area contributed by atoms with Crippen LogP contribution in [0.1, 0.15) is 32.3 Å². The van der Waals surface area contributed by atoms with E-state index in [-0.39, 0.29) is 5.41 Å². The lowest BCUT2D eigenvalue weighted by molar-refractivity contribution is -0.00704. The van der Waals surface area contributed by atoms with Gasteiger partial charge >= 0.3 is 0 Å². The Bertz CT molecular complexity index is 378. The molecular formula is C14H20O2. The Labute approximate surface area is 97.3 Å². The van der Waals surface area contributed by atoms with Crippen molar-refractivity contribution in [3.8, 4) is 5.75 Å². The minimum absolute atomic E-state index is 0.107. The normalized spacial score (nSPS) is 21.2.